The van der Waals surface area contributed by atoms with Crippen molar-refractivity contribution in [3.63, 3.8) is 0 Å². The minimum absolute atomic E-state index is 0.0462. The summed E-state index contributed by atoms with van der Waals surface area (Å²) < 4.78 is 17.6. The second-order valence-corrected chi connectivity index (χ2v) is 6.17. The van der Waals surface area contributed by atoms with Gasteiger partial charge in [-0.05, 0) is 18.6 Å². The van der Waals surface area contributed by atoms with Gasteiger partial charge in [0.25, 0.3) is 0 Å². The molecule has 1 aromatic rings. The minimum Gasteiger partial charge on any atom is -0.461 e. The van der Waals surface area contributed by atoms with Gasteiger partial charge in [0.1, 0.15) is 11.4 Å². The van der Waals surface area contributed by atoms with E-state index in [9.17, 15) is 9.00 Å². The monoisotopic (exact) mass is 266 g/mol. The largest absolute Gasteiger partial charge is 0.461 e. The molecule has 1 fully saturated rings. The second-order valence-electron chi connectivity index (χ2n) is 4.54. The molecular formula is C14H18O3S. The maximum atomic E-state index is 12.3. The predicted octanol–water partition coefficient (Wildman–Crippen LogP) is 2.67. The Morgan fingerprint density at radius 2 is 2.06 bits per heavy atom. The lowest BCUT2D eigenvalue weighted by Gasteiger charge is -2.06. The maximum absolute atomic E-state index is 12.3. The molecule has 1 heterocycles. The number of hydrogen-bond donors (Lipinski definition) is 0. The van der Waals surface area contributed by atoms with E-state index in [-0.39, 0.29) is 12.1 Å². The molecular weight excluding hydrogens is 248 g/mol. The zero-order chi connectivity index (χ0) is 13.0. The first kappa shape index (κ1) is 13.3. The number of esters is 1. The molecule has 0 radical (unpaired) electrons. The molecule has 98 valence electrons. The first-order valence-corrected chi connectivity index (χ1v) is 7.59. The summed E-state index contributed by atoms with van der Waals surface area (Å²) in [7, 11) is -1.29. The van der Waals surface area contributed by atoms with E-state index in [4.69, 9.17) is 4.74 Å². The van der Waals surface area contributed by atoms with Crippen molar-refractivity contribution in [2.24, 2.45) is 0 Å². The number of unbranched alkanes of at least 4 members (excludes halogenated alkanes) is 1. The average Bonchev–Trinajstić information content (AvgIpc) is 2.78. The van der Waals surface area contributed by atoms with E-state index in [1.54, 1.807) is 12.1 Å². The molecule has 3 nitrogen and oxygen atoms in total. The standard InChI is InChI=1S/C14H18O3S/c1-2-3-7-11-10-13(14(15)17-11)18(16)12-8-5-4-6-9-12/h4-6,8-9,11,13H,2-3,7,10H2,1H3. The molecule has 0 aromatic heterocycles. The van der Waals surface area contributed by atoms with Gasteiger partial charge in [0, 0.05) is 11.3 Å². The Kier molecular flexibility index (Phi) is 4.53. The second kappa shape index (κ2) is 6.14. The van der Waals surface area contributed by atoms with Crippen LogP contribution in [0, 0.1) is 0 Å². The summed E-state index contributed by atoms with van der Waals surface area (Å²) in [6.45, 7) is 2.11. The van der Waals surface area contributed by atoms with Gasteiger partial charge in [-0.1, -0.05) is 38.0 Å². The van der Waals surface area contributed by atoms with Crippen molar-refractivity contribution in [3.8, 4) is 0 Å². The highest BCUT2D eigenvalue weighted by atomic mass is 32.2. The summed E-state index contributed by atoms with van der Waals surface area (Å²) >= 11 is 0. The maximum Gasteiger partial charge on any atom is 0.322 e. The molecule has 0 bridgehead atoms. The van der Waals surface area contributed by atoms with Gasteiger partial charge >= 0.3 is 5.97 Å². The van der Waals surface area contributed by atoms with Crippen molar-refractivity contribution < 1.29 is 13.7 Å². The van der Waals surface area contributed by atoms with Gasteiger partial charge in [0.15, 0.2) is 0 Å². The topological polar surface area (TPSA) is 43.4 Å². The molecule has 0 aliphatic carbocycles. The number of carbonyl (C=O) groups is 1. The highest BCUT2D eigenvalue weighted by Crippen LogP contribution is 2.26. The van der Waals surface area contributed by atoms with Gasteiger partial charge in [-0.15, -0.1) is 0 Å². The van der Waals surface area contributed by atoms with Crippen LogP contribution in [0.15, 0.2) is 35.2 Å². The zero-order valence-corrected chi connectivity index (χ0v) is 11.3. The number of hydrogen-bond acceptors (Lipinski definition) is 3. The van der Waals surface area contributed by atoms with Gasteiger partial charge in [0.05, 0.1) is 10.8 Å². The van der Waals surface area contributed by atoms with Crippen LogP contribution in [0.2, 0.25) is 0 Å². The molecule has 0 spiro atoms. The number of rotatable bonds is 5. The number of carbonyl (C=O) groups excluding carboxylic acids is 1. The third-order valence-electron chi connectivity index (χ3n) is 3.14. The molecule has 18 heavy (non-hydrogen) atoms. The Labute approximate surface area is 110 Å². The molecule has 1 saturated heterocycles. The van der Waals surface area contributed by atoms with Gasteiger partial charge in [-0.3, -0.25) is 9.00 Å². The Hall–Kier alpha value is -1.16. The number of cyclic esters (lactones) is 1. The lowest BCUT2D eigenvalue weighted by Crippen LogP contribution is -2.20. The highest BCUT2D eigenvalue weighted by Gasteiger charge is 2.38. The first-order valence-electron chi connectivity index (χ1n) is 6.38. The molecule has 1 aromatic carbocycles. The highest BCUT2D eigenvalue weighted by molar-refractivity contribution is 7.86. The summed E-state index contributed by atoms with van der Waals surface area (Å²) in [4.78, 5) is 12.5. The molecule has 0 saturated carbocycles. The summed E-state index contributed by atoms with van der Waals surface area (Å²) in [5.41, 5.74) is 0. The van der Waals surface area contributed by atoms with E-state index in [0.29, 0.717) is 11.3 Å². The lowest BCUT2D eigenvalue weighted by atomic mass is 10.1. The van der Waals surface area contributed by atoms with Crippen molar-refractivity contribution in [2.45, 2.75) is 48.9 Å². The Bertz CT molecular complexity index is 430. The van der Waals surface area contributed by atoms with E-state index in [0.717, 1.165) is 19.3 Å². The van der Waals surface area contributed by atoms with E-state index < -0.39 is 16.0 Å². The molecule has 3 unspecified atom stereocenters. The average molecular weight is 266 g/mol. The summed E-state index contributed by atoms with van der Waals surface area (Å²) in [5.74, 6) is -0.307. The molecule has 3 atom stereocenters. The van der Waals surface area contributed by atoms with Crippen molar-refractivity contribution >= 4 is 16.8 Å². The quantitative estimate of drug-likeness (QED) is 0.770. The summed E-state index contributed by atoms with van der Waals surface area (Å²) in [6, 6.07) is 9.13. The Morgan fingerprint density at radius 3 is 2.72 bits per heavy atom. The smallest absolute Gasteiger partial charge is 0.322 e. The van der Waals surface area contributed by atoms with Crippen LogP contribution < -0.4 is 0 Å². The first-order chi connectivity index (χ1) is 8.72. The van der Waals surface area contributed by atoms with Crippen molar-refractivity contribution in [2.75, 3.05) is 0 Å². The molecule has 0 amide bonds. The SMILES string of the molecule is CCCCC1CC(S(=O)c2ccccc2)C(=O)O1. The zero-order valence-electron chi connectivity index (χ0n) is 10.5. The van der Waals surface area contributed by atoms with Crippen LogP contribution in [0.1, 0.15) is 32.6 Å². The fourth-order valence-electron chi connectivity index (χ4n) is 2.13. The van der Waals surface area contributed by atoms with Crippen molar-refractivity contribution in [3.05, 3.63) is 30.3 Å². The van der Waals surface area contributed by atoms with E-state index in [2.05, 4.69) is 6.92 Å². The van der Waals surface area contributed by atoms with Crippen molar-refractivity contribution in [1.82, 2.24) is 0 Å². The molecule has 1 aliphatic heterocycles. The Balaban J connectivity index is 2.02. The van der Waals surface area contributed by atoms with E-state index >= 15 is 0 Å². The van der Waals surface area contributed by atoms with Gasteiger partial charge in [-0.25, -0.2) is 0 Å². The van der Waals surface area contributed by atoms with Crippen LogP contribution in [0.3, 0.4) is 0 Å². The third-order valence-corrected chi connectivity index (χ3v) is 4.77. The van der Waals surface area contributed by atoms with Crippen molar-refractivity contribution in [1.29, 1.82) is 0 Å². The fourth-order valence-corrected chi connectivity index (χ4v) is 3.50. The molecule has 2 rings (SSSR count). The molecule has 0 N–H and O–H groups in total. The van der Waals surface area contributed by atoms with Crippen LogP contribution in [0.25, 0.3) is 0 Å². The minimum atomic E-state index is -1.29. The fraction of sp³-hybridized carbons (Fsp3) is 0.500. The Morgan fingerprint density at radius 1 is 1.33 bits per heavy atom. The third kappa shape index (κ3) is 2.99. The molecule has 1 aliphatic rings. The van der Waals surface area contributed by atoms with Crippen LogP contribution in [0.5, 0.6) is 0 Å². The van der Waals surface area contributed by atoms with E-state index in [1.807, 2.05) is 18.2 Å². The van der Waals surface area contributed by atoms with Crippen LogP contribution in [0.4, 0.5) is 0 Å². The van der Waals surface area contributed by atoms with Gasteiger partial charge < -0.3 is 4.74 Å². The molecule has 4 heteroatoms. The summed E-state index contributed by atoms with van der Waals surface area (Å²) in [6.07, 6.45) is 3.55. The number of ether oxygens (including phenoxy) is 1. The lowest BCUT2D eigenvalue weighted by molar-refractivity contribution is -0.141. The summed E-state index contributed by atoms with van der Waals surface area (Å²) in [5, 5.41) is -0.491. The predicted molar refractivity (Wildman–Crippen MR) is 70.7 cm³/mol. The van der Waals surface area contributed by atoms with Crippen LogP contribution in [-0.4, -0.2) is 21.5 Å². The van der Waals surface area contributed by atoms with Gasteiger partial charge in [-0.2, -0.15) is 0 Å². The normalized spacial score (nSPS) is 24.8. The number of benzene rings is 1. The van der Waals surface area contributed by atoms with Crippen LogP contribution in [-0.2, 0) is 20.3 Å². The van der Waals surface area contributed by atoms with E-state index in [1.165, 1.54) is 0 Å². The van der Waals surface area contributed by atoms with Crippen LogP contribution >= 0.6 is 0 Å². The van der Waals surface area contributed by atoms with Gasteiger partial charge in [0.2, 0.25) is 0 Å².